The number of hydrogen-bond donors (Lipinski definition) is 1. The van der Waals surface area contributed by atoms with Gasteiger partial charge in [0.25, 0.3) is 0 Å². The van der Waals surface area contributed by atoms with Gasteiger partial charge < -0.3 is 9.88 Å². The number of fused-ring (bicyclic) bond motifs is 1. The number of aromatic nitrogens is 3. The Hall–Kier alpha value is -1.81. The summed E-state index contributed by atoms with van der Waals surface area (Å²) >= 11 is 0. The first kappa shape index (κ1) is 19.5. The van der Waals surface area contributed by atoms with Gasteiger partial charge in [0.1, 0.15) is 17.8 Å². The number of nitrogens with zero attached hydrogens (tertiary/aromatic N) is 4. The van der Waals surface area contributed by atoms with E-state index < -0.39 is 22.4 Å². The van der Waals surface area contributed by atoms with Gasteiger partial charge in [0, 0.05) is 38.3 Å². The molecule has 154 valence electrons. The molecule has 0 atom stereocenters. The molecule has 0 unspecified atom stereocenters. The van der Waals surface area contributed by atoms with Crippen LogP contribution in [0, 0.1) is 11.8 Å². The number of nitrogens with one attached hydrogen (secondary N) is 1. The Labute approximate surface area is 163 Å². The molecular formula is C18H25F2N5O2S. The number of alkyl halides is 2. The summed E-state index contributed by atoms with van der Waals surface area (Å²) in [5.74, 6) is 0.354. The number of aromatic amines is 1. The fourth-order valence-corrected chi connectivity index (χ4v) is 6.12. The zero-order valence-electron chi connectivity index (χ0n) is 15.8. The second kappa shape index (κ2) is 7.55. The first-order valence-electron chi connectivity index (χ1n) is 9.62. The molecule has 7 nitrogen and oxygen atoms in total. The molecule has 1 aliphatic carbocycles. The first-order valence-corrected chi connectivity index (χ1v) is 11.2. The van der Waals surface area contributed by atoms with Crippen LogP contribution >= 0.6 is 0 Å². The third kappa shape index (κ3) is 3.71. The zero-order valence-corrected chi connectivity index (χ0v) is 16.6. The summed E-state index contributed by atoms with van der Waals surface area (Å²) in [6, 6.07) is 2.17. The SMILES string of the molecule is CN(c1ncnc2[nH]ccc12)[C@H]1C[C@@H](CS(=O)(=O)N2CCC(C(F)F)CC2)C1. The Balaban J connectivity index is 1.32. The fraction of sp³-hybridized carbons (Fsp3) is 0.667. The highest BCUT2D eigenvalue weighted by Crippen LogP contribution is 2.36. The van der Waals surface area contributed by atoms with Crippen molar-refractivity contribution in [1.82, 2.24) is 19.3 Å². The van der Waals surface area contributed by atoms with E-state index in [2.05, 4.69) is 19.9 Å². The minimum absolute atomic E-state index is 0.0915. The summed E-state index contributed by atoms with van der Waals surface area (Å²) in [4.78, 5) is 13.7. The van der Waals surface area contributed by atoms with Crippen LogP contribution in [0.5, 0.6) is 0 Å². The van der Waals surface area contributed by atoms with Crippen molar-refractivity contribution in [3.63, 3.8) is 0 Å². The zero-order chi connectivity index (χ0) is 19.9. The number of halogens is 2. The number of rotatable bonds is 6. The molecule has 1 N–H and O–H groups in total. The summed E-state index contributed by atoms with van der Waals surface area (Å²) in [6.45, 7) is 0.416. The molecule has 1 aliphatic heterocycles. The predicted molar refractivity (Wildman–Crippen MR) is 103 cm³/mol. The van der Waals surface area contributed by atoms with Crippen LogP contribution in [0.3, 0.4) is 0 Å². The molecule has 2 aromatic rings. The van der Waals surface area contributed by atoms with Gasteiger partial charge in [-0.15, -0.1) is 0 Å². The van der Waals surface area contributed by atoms with E-state index in [1.54, 1.807) is 0 Å². The van der Waals surface area contributed by atoms with Crippen LogP contribution in [0.1, 0.15) is 25.7 Å². The molecule has 2 aromatic heterocycles. The van der Waals surface area contributed by atoms with Gasteiger partial charge in [-0.1, -0.05) is 0 Å². The highest BCUT2D eigenvalue weighted by Gasteiger charge is 2.39. The van der Waals surface area contributed by atoms with E-state index in [1.807, 2.05) is 19.3 Å². The van der Waals surface area contributed by atoms with E-state index in [0.29, 0.717) is 0 Å². The molecule has 4 rings (SSSR count). The smallest absolute Gasteiger partial charge is 0.241 e. The molecule has 0 aromatic carbocycles. The lowest BCUT2D eigenvalue weighted by Crippen LogP contribution is -2.48. The van der Waals surface area contributed by atoms with Crippen LogP contribution in [0.4, 0.5) is 14.6 Å². The second-order valence-electron chi connectivity index (χ2n) is 7.89. The lowest BCUT2D eigenvalue weighted by Gasteiger charge is -2.42. The maximum atomic E-state index is 12.8. The van der Waals surface area contributed by atoms with Crippen LogP contribution in [0.2, 0.25) is 0 Å². The minimum atomic E-state index is -3.39. The van der Waals surface area contributed by atoms with Crippen molar-refractivity contribution in [1.29, 1.82) is 0 Å². The Morgan fingerprint density at radius 2 is 2.00 bits per heavy atom. The molecule has 0 amide bonds. The third-order valence-corrected chi connectivity index (χ3v) is 8.16. The molecule has 1 saturated carbocycles. The van der Waals surface area contributed by atoms with Gasteiger partial charge in [0.15, 0.2) is 0 Å². The topological polar surface area (TPSA) is 82.2 Å². The van der Waals surface area contributed by atoms with Crippen molar-refractivity contribution in [3.8, 4) is 0 Å². The Bertz CT molecular complexity index is 921. The van der Waals surface area contributed by atoms with Gasteiger partial charge in [-0.2, -0.15) is 0 Å². The summed E-state index contributed by atoms with van der Waals surface area (Å²) in [7, 11) is -1.42. The Morgan fingerprint density at radius 1 is 1.29 bits per heavy atom. The standard InChI is InChI=1S/C18H25F2N5O2S/c1-24(18-15-2-5-21-17(15)22-11-23-18)14-8-12(9-14)10-28(26,27)25-6-3-13(4-7-25)16(19)20/h2,5,11-14,16H,3-4,6-10H2,1H3,(H,21,22,23)/t12-,14+. The minimum Gasteiger partial charge on any atom is -0.356 e. The third-order valence-electron chi connectivity index (χ3n) is 6.12. The molecule has 1 saturated heterocycles. The number of anilines is 1. The average molecular weight is 413 g/mol. The average Bonchev–Trinajstić information content (AvgIpc) is 3.12. The van der Waals surface area contributed by atoms with Gasteiger partial charge in [-0.3, -0.25) is 0 Å². The maximum Gasteiger partial charge on any atom is 0.241 e. The van der Waals surface area contributed by atoms with E-state index >= 15 is 0 Å². The first-order chi connectivity index (χ1) is 13.3. The van der Waals surface area contributed by atoms with E-state index in [4.69, 9.17) is 0 Å². The predicted octanol–water partition coefficient (Wildman–Crippen LogP) is 2.48. The van der Waals surface area contributed by atoms with E-state index in [-0.39, 0.29) is 43.6 Å². The van der Waals surface area contributed by atoms with Crippen molar-refractivity contribution in [2.75, 3.05) is 30.8 Å². The van der Waals surface area contributed by atoms with Gasteiger partial charge in [0.2, 0.25) is 16.4 Å². The molecule has 0 radical (unpaired) electrons. The molecule has 2 fully saturated rings. The van der Waals surface area contributed by atoms with Crippen LogP contribution in [-0.2, 0) is 10.0 Å². The molecule has 0 spiro atoms. The number of hydrogen-bond acceptors (Lipinski definition) is 5. The Morgan fingerprint density at radius 3 is 2.68 bits per heavy atom. The number of piperidine rings is 1. The van der Waals surface area contributed by atoms with Crippen molar-refractivity contribution < 1.29 is 17.2 Å². The van der Waals surface area contributed by atoms with E-state index in [0.717, 1.165) is 29.7 Å². The summed E-state index contributed by atoms with van der Waals surface area (Å²) in [5.41, 5.74) is 0.780. The van der Waals surface area contributed by atoms with E-state index in [1.165, 1.54) is 10.6 Å². The quantitative estimate of drug-likeness (QED) is 0.787. The lowest BCUT2D eigenvalue weighted by molar-refractivity contribution is 0.0489. The normalized spacial score (nSPS) is 24.6. The van der Waals surface area contributed by atoms with Crippen LogP contribution in [0.25, 0.3) is 11.0 Å². The van der Waals surface area contributed by atoms with Crippen molar-refractivity contribution in [2.24, 2.45) is 11.8 Å². The monoisotopic (exact) mass is 413 g/mol. The van der Waals surface area contributed by atoms with Crippen molar-refractivity contribution in [2.45, 2.75) is 38.2 Å². The maximum absolute atomic E-state index is 12.8. The second-order valence-corrected chi connectivity index (χ2v) is 9.90. The summed E-state index contributed by atoms with van der Waals surface area (Å²) in [6.07, 6.45) is 3.03. The number of sulfonamides is 1. The van der Waals surface area contributed by atoms with Gasteiger partial charge in [0.05, 0.1) is 11.1 Å². The fourth-order valence-electron chi connectivity index (χ4n) is 4.27. The van der Waals surface area contributed by atoms with Crippen molar-refractivity contribution in [3.05, 3.63) is 18.6 Å². The van der Waals surface area contributed by atoms with Gasteiger partial charge in [-0.25, -0.2) is 31.5 Å². The van der Waals surface area contributed by atoms with Crippen LogP contribution in [-0.4, -0.2) is 66.0 Å². The number of H-pyrrole nitrogens is 1. The van der Waals surface area contributed by atoms with Crippen molar-refractivity contribution >= 4 is 26.9 Å². The van der Waals surface area contributed by atoms with Gasteiger partial charge in [-0.05, 0) is 37.7 Å². The summed E-state index contributed by atoms with van der Waals surface area (Å²) in [5, 5.41) is 0.947. The molecule has 3 heterocycles. The lowest BCUT2D eigenvalue weighted by atomic mass is 9.81. The molecular weight excluding hydrogens is 388 g/mol. The molecule has 10 heteroatoms. The van der Waals surface area contributed by atoms with Crippen LogP contribution < -0.4 is 4.90 Å². The van der Waals surface area contributed by atoms with Gasteiger partial charge >= 0.3 is 0 Å². The van der Waals surface area contributed by atoms with E-state index in [9.17, 15) is 17.2 Å². The highest BCUT2D eigenvalue weighted by atomic mass is 32.2. The molecule has 0 bridgehead atoms. The molecule has 28 heavy (non-hydrogen) atoms. The summed E-state index contributed by atoms with van der Waals surface area (Å²) < 4.78 is 52.2. The Kier molecular flexibility index (Phi) is 5.26. The van der Waals surface area contributed by atoms with Crippen LogP contribution in [0.15, 0.2) is 18.6 Å². The largest absolute Gasteiger partial charge is 0.356 e. The highest BCUT2D eigenvalue weighted by molar-refractivity contribution is 7.89. The molecule has 2 aliphatic rings.